The number of para-hydroxylation sites is 1. The number of hydrogen-bond acceptors (Lipinski definition) is 6. The highest BCUT2D eigenvalue weighted by atomic mass is 16.6. The molecule has 34 heavy (non-hydrogen) atoms. The van der Waals surface area contributed by atoms with Gasteiger partial charge in [-0.3, -0.25) is 0 Å². The van der Waals surface area contributed by atoms with Crippen LogP contribution in [0, 0.1) is 0 Å². The van der Waals surface area contributed by atoms with E-state index >= 15 is 0 Å². The second-order valence-corrected chi connectivity index (χ2v) is 9.02. The Bertz CT molecular complexity index is 1120. The standard InChI is InChI=1S/C14H11B3N4O.C9H17NO2/c1-18-12-6-7-21-13(20-12)10(8-19-21)9-4-2-3-5-11(9)22-14(15,16)17;1-9(2,3)12-8(11)10-6-4-5-7-10/h2-8H,1H3,(H,18,20);4-7H2,1-3H3. The largest absolute Gasteiger partial charge is 0.515 e. The molecule has 1 aliphatic heterocycles. The summed E-state index contributed by atoms with van der Waals surface area (Å²) in [5, 5.41) is 5.52. The number of hydrogen-bond donors (Lipinski definition) is 1. The van der Waals surface area contributed by atoms with E-state index in [2.05, 4.69) is 15.4 Å². The maximum absolute atomic E-state index is 11.4. The molecule has 1 aromatic carbocycles. The zero-order chi connectivity index (χ0) is 24.9. The molecule has 0 aliphatic carbocycles. The number of amides is 1. The van der Waals surface area contributed by atoms with E-state index in [0.29, 0.717) is 11.4 Å². The van der Waals surface area contributed by atoms with Crippen molar-refractivity contribution < 1.29 is 14.3 Å². The van der Waals surface area contributed by atoms with E-state index in [0.717, 1.165) is 42.9 Å². The van der Waals surface area contributed by atoms with Gasteiger partial charge in [0, 0.05) is 31.9 Å². The van der Waals surface area contributed by atoms with Gasteiger partial charge in [0.2, 0.25) is 0 Å². The average molecular weight is 455 g/mol. The van der Waals surface area contributed by atoms with Crippen molar-refractivity contribution in [2.75, 3.05) is 25.5 Å². The van der Waals surface area contributed by atoms with Crippen LogP contribution >= 0.6 is 0 Å². The Balaban J connectivity index is 0.000000229. The minimum Gasteiger partial charge on any atom is -0.515 e. The van der Waals surface area contributed by atoms with Crippen LogP contribution in [0.3, 0.4) is 0 Å². The Labute approximate surface area is 204 Å². The first-order valence-corrected chi connectivity index (χ1v) is 11.1. The van der Waals surface area contributed by atoms with Crippen LogP contribution in [0.15, 0.2) is 42.7 Å². The summed E-state index contributed by atoms with van der Waals surface area (Å²) in [7, 11) is 18.4. The van der Waals surface area contributed by atoms with Crippen molar-refractivity contribution in [3.8, 4) is 16.9 Å². The lowest BCUT2D eigenvalue weighted by Crippen LogP contribution is -2.37. The lowest BCUT2D eigenvalue weighted by Gasteiger charge is -2.24. The van der Waals surface area contributed by atoms with Gasteiger partial charge >= 0.3 is 6.09 Å². The smallest absolute Gasteiger partial charge is 0.410 e. The summed E-state index contributed by atoms with van der Waals surface area (Å²) in [6, 6.07) is 9.12. The number of carbonyl (C=O) groups excluding carboxylic acids is 1. The highest BCUT2D eigenvalue weighted by Gasteiger charge is 2.24. The first-order valence-electron chi connectivity index (χ1n) is 11.1. The van der Waals surface area contributed by atoms with Gasteiger partial charge in [0.1, 0.15) is 40.7 Å². The molecule has 172 valence electrons. The third kappa shape index (κ3) is 6.95. The first-order chi connectivity index (χ1) is 16.0. The van der Waals surface area contributed by atoms with Crippen LogP contribution in [-0.4, -0.2) is 80.2 Å². The second-order valence-electron chi connectivity index (χ2n) is 9.02. The summed E-state index contributed by atoms with van der Waals surface area (Å²) in [6.45, 7) is 7.38. The monoisotopic (exact) mass is 455 g/mol. The molecule has 0 atom stereocenters. The summed E-state index contributed by atoms with van der Waals surface area (Å²) in [5.41, 5.74) is 1.86. The number of anilines is 1. The zero-order valence-corrected chi connectivity index (χ0v) is 20.1. The number of nitrogens with zero attached hydrogens (tertiary/aromatic N) is 4. The first kappa shape index (κ1) is 25.5. The highest BCUT2D eigenvalue weighted by molar-refractivity contribution is 6.58. The SMILES string of the molecule is CC(C)(C)OC(=O)N1CCCC1.[B]C([B])([B])Oc1ccccc1-c1cnn2ccc(NC)nc12. The fourth-order valence-corrected chi connectivity index (χ4v) is 3.39. The molecule has 3 heterocycles. The summed E-state index contributed by atoms with van der Waals surface area (Å²) in [4.78, 5) is 17.6. The van der Waals surface area contributed by atoms with Gasteiger partial charge in [-0.2, -0.15) is 5.10 Å². The summed E-state index contributed by atoms with van der Waals surface area (Å²) in [6.07, 6.45) is 5.58. The molecule has 0 spiro atoms. The van der Waals surface area contributed by atoms with Crippen LogP contribution in [0.4, 0.5) is 10.6 Å². The Morgan fingerprint density at radius 2 is 1.74 bits per heavy atom. The number of rotatable bonds is 4. The van der Waals surface area contributed by atoms with E-state index in [9.17, 15) is 4.79 Å². The number of ether oxygens (including phenoxy) is 2. The quantitative estimate of drug-likeness (QED) is 0.610. The number of benzene rings is 1. The molecule has 1 fully saturated rings. The Kier molecular flexibility index (Phi) is 7.84. The number of likely N-dealkylation sites (tertiary alicyclic amines) is 1. The minimum absolute atomic E-state index is 0.167. The fraction of sp³-hybridized carbons (Fsp3) is 0.435. The van der Waals surface area contributed by atoms with Crippen LogP contribution in [0.1, 0.15) is 33.6 Å². The van der Waals surface area contributed by atoms with Gasteiger partial charge in [0.25, 0.3) is 0 Å². The minimum atomic E-state index is -1.76. The maximum atomic E-state index is 11.4. The predicted molar refractivity (Wildman–Crippen MR) is 136 cm³/mol. The van der Waals surface area contributed by atoms with Gasteiger partial charge in [-0.25, -0.2) is 14.3 Å². The van der Waals surface area contributed by atoms with Crippen molar-refractivity contribution in [1.29, 1.82) is 0 Å². The molecule has 3 aromatic rings. The lowest BCUT2D eigenvalue weighted by molar-refractivity contribution is 0.0295. The molecule has 8 nitrogen and oxygen atoms in total. The molecule has 1 amide bonds. The van der Waals surface area contributed by atoms with Crippen LogP contribution in [0.5, 0.6) is 5.75 Å². The van der Waals surface area contributed by atoms with Crippen molar-refractivity contribution in [3.05, 3.63) is 42.7 Å². The van der Waals surface area contributed by atoms with Crippen molar-refractivity contribution in [2.24, 2.45) is 0 Å². The van der Waals surface area contributed by atoms with Crippen LogP contribution in [-0.2, 0) is 4.74 Å². The van der Waals surface area contributed by atoms with Crippen molar-refractivity contribution >= 4 is 41.1 Å². The molecule has 4 rings (SSSR count). The molecule has 1 N–H and O–H groups in total. The normalized spacial score (nSPS) is 13.8. The number of carbonyl (C=O) groups is 1. The Morgan fingerprint density at radius 1 is 1.06 bits per heavy atom. The van der Waals surface area contributed by atoms with Gasteiger partial charge in [-0.1, -0.05) is 18.2 Å². The van der Waals surface area contributed by atoms with E-state index in [1.807, 2.05) is 51.2 Å². The molecular weight excluding hydrogens is 427 g/mol. The predicted octanol–water partition coefficient (Wildman–Crippen LogP) is 2.95. The van der Waals surface area contributed by atoms with E-state index < -0.39 is 5.30 Å². The van der Waals surface area contributed by atoms with E-state index in [1.54, 1.807) is 28.7 Å². The molecule has 6 radical (unpaired) electrons. The Morgan fingerprint density at radius 3 is 2.35 bits per heavy atom. The third-order valence-corrected chi connectivity index (χ3v) is 4.85. The molecule has 1 saturated heterocycles. The van der Waals surface area contributed by atoms with E-state index in [1.165, 1.54) is 0 Å². The fourth-order valence-electron chi connectivity index (χ4n) is 3.39. The molecule has 0 unspecified atom stereocenters. The lowest BCUT2D eigenvalue weighted by atomic mass is 9.52. The Hall–Kier alpha value is -3.10. The molecular formula is C23H28B3N5O3. The zero-order valence-electron chi connectivity index (χ0n) is 20.1. The third-order valence-electron chi connectivity index (χ3n) is 4.85. The second kappa shape index (κ2) is 10.4. The molecule has 0 saturated carbocycles. The van der Waals surface area contributed by atoms with Gasteiger partial charge in [-0.05, 0) is 51.0 Å². The van der Waals surface area contributed by atoms with Gasteiger partial charge < -0.3 is 19.7 Å². The summed E-state index contributed by atoms with van der Waals surface area (Å²) < 4.78 is 12.3. The average Bonchev–Trinajstić information content (AvgIpc) is 3.42. The molecule has 1 aliphatic rings. The van der Waals surface area contributed by atoms with Crippen LogP contribution in [0.2, 0.25) is 0 Å². The van der Waals surface area contributed by atoms with Gasteiger partial charge in [-0.15, -0.1) is 0 Å². The van der Waals surface area contributed by atoms with Crippen LogP contribution < -0.4 is 10.1 Å². The number of aromatic nitrogens is 3. The van der Waals surface area contributed by atoms with Crippen molar-refractivity contribution in [3.63, 3.8) is 0 Å². The van der Waals surface area contributed by atoms with Crippen LogP contribution in [0.25, 0.3) is 16.8 Å². The van der Waals surface area contributed by atoms with E-state index in [4.69, 9.17) is 33.0 Å². The maximum Gasteiger partial charge on any atom is 0.410 e. The van der Waals surface area contributed by atoms with Crippen molar-refractivity contribution in [2.45, 2.75) is 44.5 Å². The van der Waals surface area contributed by atoms with Gasteiger partial charge in [0.05, 0.1) is 11.8 Å². The number of nitrogens with one attached hydrogen (secondary N) is 1. The van der Waals surface area contributed by atoms with Crippen molar-refractivity contribution in [1.82, 2.24) is 19.5 Å². The molecule has 0 bridgehead atoms. The summed E-state index contributed by atoms with van der Waals surface area (Å²) >= 11 is 0. The molecule has 11 heteroatoms. The number of fused-ring (bicyclic) bond motifs is 1. The summed E-state index contributed by atoms with van der Waals surface area (Å²) in [5.74, 6) is 1.19. The molecule has 2 aromatic heterocycles. The van der Waals surface area contributed by atoms with E-state index in [-0.39, 0.29) is 11.7 Å². The van der Waals surface area contributed by atoms with Gasteiger partial charge in [0.15, 0.2) is 5.65 Å². The highest BCUT2D eigenvalue weighted by Crippen LogP contribution is 2.33. The topological polar surface area (TPSA) is 81.0 Å².